The lowest BCUT2D eigenvalue weighted by atomic mass is 9.86. The summed E-state index contributed by atoms with van der Waals surface area (Å²) >= 11 is 0. The van der Waals surface area contributed by atoms with E-state index in [1.807, 2.05) is 18.2 Å². The SMILES string of the molecule is NC(=NO)c1cccc2c1CCC[C@H]2O. The van der Waals surface area contributed by atoms with Crippen LogP contribution in [0.15, 0.2) is 23.4 Å². The van der Waals surface area contributed by atoms with Crippen LogP contribution >= 0.6 is 0 Å². The maximum Gasteiger partial charge on any atom is 0.170 e. The Morgan fingerprint density at radius 2 is 2.27 bits per heavy atom. The molecule has 4 heteroatoms. The Balaban J connectivity index is 2.54. The monoisotopic (exact) mass is 206 g/mol. The van der Waals surface area contributed by atoms with Crippen LogP contribution in [0, 0.1) is 0 Å². The summed E-state index contributed by atoms with van der Waals surface area (Å²) in [6, 6.07) is 5.53. The number of aliphatic hydroxyl groups is 1. The maximum atomic E-state index is 9.80. The Bertz CT molecular complexity index is 402. The highest BCUT2D eigenvalue weighted by Gasteiger charge is 2.21. The van der Waals surface area contributed by atoms with Gasteiger partial charge in [0.25, 0.3) is 0 Å². The van der Waals surface area contributed by atoms with Crippen molar-refractivity contribution in [3.63, 3.8) is 0 Å². The van der Waals surface area contributed by atoms with Crippen molar-refractivity contribution in [3.8, 4) is 0 Å². The Kier molecular flexibility index (Phi) is 2.60. The van der Waals surface area contributed by atoms with E-state index in [0.29, 0.717) is 0 Å². The third kappa shape index (κ3) is 1.68. The lowest BCUT2D eigenvalue weighted by Crippen LogP contribution is -2.19. The van der Waals surface area contributed by atoms with Crippen LogP contribution in [0.4, 0.5) is 0 Å². The number of nitrogens with zero attached hydrogens (tertiary/aromatic N) is 1. The number of aliphatic hydroxyl groups excluding tert-OH is 1. The molecule has 0 heterocycles. The molecule has 0 bridgehead atoms. The molecule has 15 heavy (non-hydrogen) atoms. The van der Waals surface area contributed by atoms with Crippen molar-refractivity contribution in [2.45, 2.75) is 25.4 Å². The molecule has 0 amide bonds. The molecule has 0 aromatic heterocycles. The van der Waals surface area contributed by atoms with Crippen LogP contribution in [0.25, 0.3) is 0 Å². The number of hydrogen-bond acceptors (Lipinski definition) is 3. The Morgan fingerprint density at radius 3 is 3.00 bits per heavy atom. The normalized spacial score (nSPS) is 21.1. The zero-order chi connectivity index (χ0) is 10.8. The fourth-order valence-corrected chi connectivity index (χ4v) is 2.12. The summed E-state index contributed by atoms with van der Waals surface area (Å²) in [5.74, 6) is 0.112. The van der Waals surface area contributed by atoms with E-state index in [1.165, 1.54) is 0 Å². The molecular formula is C11H14N2O2. The molecule has 80 valence electrons. The van der Waals surface area contributed by atoms with Crippen molar-refractivity contribution in [1.82, 2.24) is 0 Å². The Labute approximate surface area is 88.0 Å². The Hall–Kier alpha value is -1.55. The van der Waals surface area contributed by atoms with Gasteiger partial charge in [0.15, 0.2) is 5.84 Å². The molecule has 0 saturated heterocycles. The zero-order valence-electron chi connectivity index (χ0n) is 8.35. The molecule has 0 aliphatic heterocycles. The van der Waals surface area contributed by atoms with E-state index in [-0.39, 0.29) is 5.84 Å². The molecule has 1 aromatic rings. The van der Waals surface area contributed by atoms with Gasteiger partial charge in [-0.2, -0.15) is 0 Å². The van der Waals surface area contributed by atoms with Crippen LogP contribution in [-0.4, -0.2) is 16.1 Å². The molecule has 0 unspecified atom stereocenters. The van der Waals surface area contributed by atoms with Gasteiger partial charge in [-0.25, -0.2) is 0 Å². The second-order valence-electron chi connectivity index (χ2n) is 3.77. The predicted molar refractivity (Wildman–Crippen MR) is 56.9 cm³/mol. The fraction of sp³-hybridized carbons (Fsp3) is 0.364. The Morgan fingerprint density at radius 1 is 1.47 bits per heavy atom. The molecule has 2 rings (SSSR count). The molecule has 0 saturated carbocycles. The van der Waals surface area contributed by atoms with Crippen molar-refractivity contribution in [1.29, 1.82) is 0 Å². The molecule has 1 atom stereocenters. The summed E-state index contributed by atoms with van der Waals surface area (Å²) in [6.07, 6.45) is 2.18. The molecule has 1 aliphatic carbocycles. The summed E-state index contributed by atoms with van der Waals surface area (Å²) in [4.78, 5) is 0. The average Bonchev–Trinajstić information content (AvgIpc) is 2.28. The van der Waals surface area contributed by atoms with Crippen LogP contribution in [0.5, 0.6) is 0 Å². The minimum Gasteiger partial charge on any atom is -0.409 e. The first-order valence-corrected chi connectivity index (χ1v) is 5.01. The topological polar surface area (TPSA) is 78.8 Å². The van der Waals surface area contributed by atoms with Gasteiger partial charge >= 0.3 is 0 Å². The summed E-state index contributed by atoms with van der Waals surface area (Å²) in [5, 5.41) is 21.5. The van der Waals surface area contributed by atoms with Crippen molar-refractivity contribution in [3.05, 3.63) is 34.9 Å². The number of amidine groups is 1. The van der Waals surface area contributed by atoms with E-state index in [1.54, 1.807) is 0 Å². The van der Waals surface area contributed by atoms with Gasteiger partial charge in [-0.15, -0.1) is 0 Å². The molecule has 0 radical (unpaired) electrons. The maximum absolute atomic E-state index is 9.80. The molecular weight excluding hydrogens is 192 g/mol. The summed E-state index contributed by atoms with van der Waals surface area (Å²) in [5.41, 5.74) is 8.23. The average molecular weight is 206 g/mol. The number of benzene rings is 1. The van der Waals surface area contributed by atoms with E-state index in [0.717, 1.165) is 36.0 Å². The third-order valence-corrected chi connectivity index (χ3v) is 2.86. The highest BCUT2D eigenvalue weighted by molar-refractivity contribution is 5.98. The lowest BCUT2D eigenvalue weighted by Gasteiger charge is -2.23. The van der Waals surface area contributed by atoms with Gasteiger partial charge in [-0.3, -0.25) is 0 Å². The molecule has 0 fully saturated rings. The van der Waals surface area contributed by atoms with E-state index < -0.39 is 6.10 Å². The van der Waals surface area contributed by atoms with Crippen molar-refractivity contribution < 1.29 is 10.3 Å². The van der Waals surface area contributed by atoms with E-state index in [2.05, 4.69) is 5.16 Å². The van der Waals surface area contributed by atoms with Crippen LogP contribution in [-0.2, 0) is 6.42 Å². The quantitative estimate of drug-likeness (QED) is 0.279. The van der Waals surface area contributed by atoms with Crippen molar-refractivity contribution >= 4 is 5.84 Å². The zero-order valence-corrected chi connectivity index (χ0v) is 8.35. The number of hydrogen-bond donors (Lipinski definition) is 3. The highest BCUT2D eigenvalue weighted by Crippen LogP contribution is 2.31. The van der Waals surface area contributed by atoms with Gasteiger partial charge < -0.3 is 16.0 Å². The fourth-order valence-electron chi connectivity index (χ4n) is 2.12. The first-order chi connectivity index (χ1) is 7.24. The molecule has 4 nitrogen and oxygen atoms in total. The lowest BCUT2D eigenvalue weighted by molar-refractivity contribution is 0.156. The molecule has 4 N–H and O–H groups in total. The summed E-state index contributed by atoms with van der Waals surface area (Å²) in [6.45, 7) is 0. The van der Waals surface area contributed by atoms with Gasteiger partial charge in [0.2, 0.25) is 0 Å². The largest absolute Gasteiger partial charge is 0.409 e. The minimum absolute atomic E-state index is 0.112. The van der Waals surface area contributed by atoms with Crippen LogP contribution in [0.3, 0.4) is 0 Å². The summed E-state index contributed by atoms with van der Waals surface area (Å²) in [7, 11) is 0. The third-order valence-electron chi connectivity index (χ3n) is 2.86. The van der Waals surface area contributed by atoms with Gasteiger partial charge in [-0.05, 0) is 30.4 Å². The standard InChI is InChI=1S/C11H14N2O2/c12-11(13-15)9-5-1-4-8-7(9)3-2-6-10(8)14/h1,4-5,10,14-15H,2-3,6H2,(H2,12,13)/t10-/m1/s1. The van der Waals surface area contributed by atoms with Crippen molar-refractivity contribution in [2.75, 3.05) is 0 Å². The summed E-state index contributed by atoms with van der Waals surface area (Å²) < 4.78 is 0. The highest BCUT2D eigenvalue weighted by atomic mass is 16.4. The second-order valence-corrected chi connectivity index (χ2v) is 3.77. The first-order valence-electron chi connectivity index (χ1n) is 5.01. The second kappa shape index (κ2) is 3.90. The molecule has 0 spiro atoms. The van der Waals surface area contributed by atoms with Gasteiger partial charge in [0.1, 0.15) is 0 Å². The number of oxime groups is 1. The van der Waals surface area contributed by atoms with Crippen molar-refractivity contribution in [2.24, 2.45) is 10.9 Å². The predicted octanol–water partition coefficient (Wildman–Crippen LogP) is 1.15. The molecule has 1 aromatic carbocycles. The number of nitrogens with two attached hydrogens (primary N) is 1. The van der Waals surface area contributed by atoms with Crippen LogP contribution in [0.2, 0.25) is 0 Å². The smallest absolute Gasteiger partial charge is 0.170 e. The van der Waals surface area contributed by atoms with Crippen LogP contribution in [0.1, 0.15) is 35.6 Å². The van der Waals surface area contributed by atoms with Crippen LogP contribution < -0.4 is 5.73 Å². The number of fused-ring (bicyclic) bond motifs is 1. The van der Waals surface area contributed by atoms with Gasteiger partial charge in [0, 0.05) is 5.56 Å². The van der Waals surface area contributed by atoms with Gasteiger partial charge in [-0.1, -0.05) is 23.4 Å². The first kappa shape index (κ1) is 9.98. The van der Waals surface area contributed by atoms with Gasteiger partial charge in [0.05, 0.1) is 6.10 Å². The van der Waals surface area contributed by atoms with E-state index >= 15 is 0 Å². The number of rotatable bonds is 1. The van der Waals surface area contributed by atoms with E-state index in [4.69, 9.17) is 10.9 Å². The van der Waals surface area contributed by atoms with E-state index in [9.17, 15) is 5.11 Å². The molecule has 1 aliphatic rings. The minimum atomic E-state index is -0.416.